The van der Waals surface area contributed by atoms with E-state index in [2.05, 4.69) is 52.0 Å². The molecule has 0 N–H and O–H groups in total. The molecule has 0 amide bonds. The van der Waals surface area contributed by atoms with Crippen LogP contribution in [-0.4, -0.2) is 4.37 Å². The van der Waals surface area contributed by atoms with Crippen LogP contribution in [-0.2, 0) is 0 Å². The lowest BCUT2D eigenvalue weighted by atomic mass is 9.91. The molecule has 1 nitrogen and oxygen atoms in total. The van der Waals surface area contributed by atoms with Crippen molar-refractivity contribution in [2.45, 2.75) is 53.4 Å². The molecule has 0 saturated heterocycles. The highest BCUT2D eigenvalue weighted by molar-refractivity contribution is 7.13. The lowest BCUT2D eigenvalue weighted by Gasteiger charge is -2.13. The summed E-state index contributed by atoms with van der Waals surface area (Å²) < 4.78 is 6.07. The van der Waals surface area contributed by atoms with Gasteiger partial charge in [-0.25, -0.2) is 0 Å². The summed E-state index contributed by atoms with van der Waals surface area (Å²) in [5.74, 6) is 1.06. The van der Waals surface area contributed by atoms with Gasteiger partial charge < -0.3 is 0 Å². The fraction of sp³-hybridized carbons (Fsp3) is 0.533. The molecule has 0 aliphatic rings. The average Bonchev–Trinajstić information content (AvgIpc) is 2.67. The molecule has 0 atom stereocenters. The summed E-state index contributed by atoms with van der Waals surface area (Å²) in [4.78, 5) is 0. The highest BCUT2D eigenvalue weighted by atomic mass is 32.1. The Morgan fingerprint density at radius 1 is 1.06 bits per heavy atom. The SMILES string of the molecule is Cc1cc(C(C)C)c2c(C(C)C)nsc2c1C. The largest absolute Gasteiger partial charge is 0.196 e. The van der Waals surface area contributed by atoms with E-state index in [1.807, 2.05) is 0 Å². The van der Waals surface area contributed by atoms with Crippen LogP contribution in [0.25, 0.3) is 10.1 Å². The maximum atomic E-state index is 4.68. The third-order valence-corrected chi connectivity index (χ3v) is 4.46. The molecule has 0 bridgehead atoms. The zero-order valence-corrected chi connectivity index (χ0v) is 12.4. The first kappa shape index (κ1) is 12.6. The molecule has 1 aromatic carbocycles. The summed E-state index contributed by atoms with van der Waals surface area (Å²) in [5.41, 5.74) is 5.52. The van der Waals surface area contributed by atoms with Crippen LogP contribution >= 0.6 is 11.5 Å². The molecule has 0 aliphatic carbocycles. The molecule has 0 radical (unpaired) electrons. The number of nitrogens with zero attached hydrogens (tertiary/aromatic N) is 1. The minimum Gasteiger partial charge on any atom is -0.196 e. The molecule has 2 heteroatoms. The number of hydrogen-bond donors (Lipinski definition) is 0. The van der Waals surface area contributed by atoms with Crippen molar-refractivity contribution >= 4 is 21.6 Å². The predicted molar refractivity (Wildman–Crippen MR) is 77.3 cm³/mol. The van der Waals surface area contributed by atoms with Crippen LogP contribution < -0.4 is 0 Å². The molecule has 1 aromatic heterocycles. The Bertz CT molecular complexity index is 550. The maximum Gasteiger partial charge on any atom is 0.0649 e. The van der Waals surface area contributed by atoms with Gasteiger partial charge >= 0.3 is 0 Å². The first-order valence-electron chi connectivity index (χ1n) is 6.32. The van der Waals surface area contributed by atoms with E-state index >= 15 is 0 Å². The van der Waals surface area contributed by atoms with E-state index in [0.717, 1.165) is 0 Å². The monoisotopic (exact) mass is 247 g/mol. The van der Waals surface area contributed by atoms with Gasteiger partial charge in [-0.2, -0.15) is 4.37 Å². The number of hydrogen-bond acceptors (Lipinski definition) is 2. The quantitative estimate of drug-likeness (QED) is 0.714. The Morgan fingerprint density at radius 2 is 1.71 bits per heavy atom. The van der Waals surface area contributed by atoms with Gasteiger partial charge in [0.05, 0.1) is 10.4 Å². The lowest BCUT2D eigenvalue weighted by Crippen LogP contribution is -1.96. The normalized spacial score (nSPS) is 12.0. The van der Waals surface area contributed by atoms with Crippen molar-refractivity contribution in [3.63, 3.8) is 0 Å². The Kier molecular flexibility index (Phi) is 3.26. The van der Waals surface area contributed by atoms with Crippen molar-refractivity contribution in [2.24, 2.45) is 0 Å². The summed E-state index contributed by atoms with van der Waals surface area (Å²) in [6, 6.07) is 2.35. The van der Waals surface area contributed by atoms with Gasteiger partial charge in [-0.05, 0) is 53.9 Å². The third-order valence-electron chi connectivity index (χ3n) is 3.48. The summed E-state index contributed by atoms with van der Waals surface area (Å²) in [7, 11) is 0. The first-order valence-corrected chi connectivity index (χ1v) is 7.10. The number of aryl methyl sites for hydroxylation is 2. The minimum atomic E-state index is 0.503. The van der Waals surface area contributed by atoms with Crippen LogP contribution in [0.4, 0.5) is 0 Å². The van der Waals surface area contributed by atoms with Gasteiger partial charge in [-0.1, -0.05) is 33.8 Å². The van der Waals surface area contributed by atoms with Crippen LogP contribution in [0.2, 0.25) is 0 Å². The molecule has 0 spiro atoms. The topological polar surface area (TPSA) is 12.9 Å². The van der Waals surface area contributed by atoms with Gasteiger partial charge in [-0.3, -0.25) is 0 Å². The molecule has 1 heterocycles. The Morgan fingerprint density at radius 3 is 2.24 bits per heavy atom. The van der Waals surface area contributed by atoms with E-state index in [1.54, 1.807) is 11.5 Å². The minimum absolute atomic E-state index is 0.503. The van der Waals surface area contributed by atoms with E-state index in [-0.39, 0.29) is 0 Å². The summed E-state index contributed by atoms with van der Waals surface area (Å²) >= 11 is 1.66. The summed E-state index contributed by atoms with van der Waals surface area (Å²) in [6.45, 7) is 13.4. The summed E-state index contributed by atoms with van der Waals surface area (Å²) in [6.07, 6.45) is 0. The lowest BCUT2D eigenvalue weighted by molar-refractivity contribution is 0.836. The van der Waals surface area contributed by atoms with E-state index in [4.69, 9.17) is 0 Å². The molecule has 17 heavy (non-hydrogen) atoms. The van der Waals surface area contributed by atoms with Crippen molar-refractivity contribution in [2.75, 3.05) is 0 Å². The van der Waals surface area contributed by atoms with Crippen molar-refractivity contribution in [3.8, 4) is 0 Å². The van der Waals surface area contributed by atoms with Gasteiger partial charge in [0.15, 0.2) is 0 Å². The molecule has 0 aliphatic heterocycles. The fourth-order valence-electron chi connectivity index (χ4n) is 2.28. The second-order valence-electron chi connectivity index (χ2n) is 5.49. The van der Waals surface area contributed by atoms with Crippen LogP contribution in [0.15, 0.2) is 6.07 Å². The van der Waals surface area contributed by atoms with Crippen LogP contribution in [0.3, 0.4) is 0 Å². The smallest absolute Gasteiger partial charge is 0.0649 e. The fourth-order valence-corrected chi connectivity index (χ4v) is 3.38. The third kappa shape index (κ3) is 1.99. The maximum absolute atomic E-state index is 4.68. The van der Waals surface area contributed by atoms with Gasteiger partial charge in [0, 0.05) is 5.39 Å². The van der Waals surface area contributed by atoms with Crippen molar-refractivity contribution in [3.05, 3.63) is 28.5 Å². The van der Waals surface area contributed by atoms with Crippen molar-refractivity contribution in [1.29, 1.82) is 0 Å². The molecular formula is C15H21NS. The Labute approximate surface area is 108 Å². The highest BCUT2D eigenvalue weighted by Gasteiger charge is 2.18. The van der Waals surface area contributed by atoms with Crippen LogP contribution in [0.5, 0.6) is 0 Å². The summed E-state index contributed by atoms with van der Waals surface area (Å²) in [5, 5.41) is 1.42. The van der Waals surface area contributed by atoms with E-state index in [9.17, 15) is 0 Å². The average molecular weight is 247 g/mol. The number of fused-ring (bicyclic) bond motifs is 1. The zero-order chi connectivity index (χ0) is 12.7. The van der Waals surface area contributed by atoms with Gasteiger partial charge in [0.25, 0.3) is 0 Å². The first-order chi connectivity index (χ1) is 7.93. The molecule has 2 rings (SSSR count). The van der Waals surface area contributed by atoms with E-state index in [0.29, 0.717) is 11.8 Å². The highest BCUT2D eigenvalue weighted by Crippen LogP contribution is 2.37. The zero-order valence-electron chi connectivity index (χ0n) is 11.6. The number of benzene rings is 1. The molecule has 92 valence electrons. The second kappa shape index (κ2) is 4.41. The van der Waals surface area contributed by atoms with Gasteiger partial charge in [-0.15, -0.1) is 0 Å². The molecule has 0 unspecified atom stereocenters. The molecular weight excluding hydrogens is 226 g/mol. The van der Waals surface area contributed by atoms with Crippen molar-refractivity contribution in [1.82, 2.24) is 4.37 Å². The molecule has 0 saturated carbocycles. The van der Waals surface area contributed by atoms with Crippen LogP contribution in [0.1, 0.15) is 61.9 Å². The van der Waals surface area contributed by atoms with Crippen LogP contribution in [0, 0.1) is 13.8 Å². The number of aromatic nitrogens is 1. The van der Waals surface area contributed by atoms with Gasteiger partial charge in [0.1, 0.15) is 0 Å². The Hall–Kier alpha value is -0.890. The predicted octanol–water partition coefficient (Wildman–Crippen LogP) is 5.16. The standard InChI is InChI=1S/C15H21NS/c1-8(2)12-7-10(5)11(6)15-13(12)14(9(3)4)16-17-15/h7-9H,1-6H3. The van der Waals surface area contributed by atoms with E-state index in [1.165, 1.54) is 32.5 Å². The van der Waals surface area contributed by atoms with E-state index < -0.39 is 0 Å². The molecule has 0 fully saturated rings. The van der Waals surface area contributed by atoms with Gasteiger partial charge in [0.2, 0.25) is 0 Å². The molecule has 2 aromatic rings. The second-order valence-corrected chi connectivity index (χ2v) is 6.26. The Balaban J connectivity index is 2.88. The van der Waals surface area contributed by atoms with Crippen molar-refractivity contribution < 1.29 is 0 Å². The number of rotatable bonds is 2.